The number of carboxylic acid groups (broad SMARTS) is 1. The van der Waals surface area contributed by atoms with Crippen LogP contribution in [0.2, 0.25) is 0 Å². The lowest BCUT2D eigenvalue weighted by atomic mass is 10.0. The number of fused-ring (bicyclic) bond motifs is 1. The lowest BCUT2D eigenvalue weighted by molar-refractivity contribution is -0.137. The number of methoxy groups -OCH3 is 1. The van der Waals surface area contributed by atoms with Crippen molar-refractivity contribution in [3.05, 3.63) is 29.3 Å². The van der Waals surface area contributed by atoms with Crippen LogP contribution in [-0.4, -0.2) is 79.6 Å². The molecule has 0 radical (unpaired) electrons. The number of hydrogen-bond acceptors (Lipinski definition) is 6. The molecular weight excluding hydrogens is 356 g/mol. The van der Waals surface area contributed by atoms with Crippen molar-refractivity contribution in [2.75, 3.05) is 38.2 Å². The fourth-order valence-electron chi connectivity index (χ4n) is 4.00. The van der Waals surface area contributed by atoms with E-state index in [9.17, 15) is 13.2 Å². The Morgan fingerprint density at radius 3 is 2.50 bits per heavy atom. The molecule has 0 aliphatic carbocycles. The van der Waals surface area contributed by atoms with Gasteiger partial charge in [0.05, 0.1) is 25.0 Å². The van der Waals surface area contributed by atoms with E-state index in [1.54, 1.807) is 7.11 Å². The summed E-state index contributed by atoms with van der Waals surface area (Å²) >= 11 is 0. The average Bonchev–Trinajstić information content (AvgIpc) is 2.91. The maximum absolute atomic E-state index is 12.2. The van der Waals surface area contributed by atoms with Crippen LogP contribution in [0.3, 0.4) is 0 Å². The molecule has 2 aliphatic rings. The molecule has 0 unspecified atom stereocenters. The predicted octanol–water partition coefficient (Wildman–Crippen LogP) is 0.762. The van der Waals surface area contributed by atoms with Crippen LogP contribution in [0.15, 0.2) is 18.2 Å². The van der Waals surface area contributed by atoms with Gasteiger partial charge in [-0.2, -0.15) is 0 Å². The highest BCUT2D eigenvalue weighted by molar-refractivity contribution is 7.91. The molecule has 3 rings (SSSR count). The number of rotatable bonds is 6. The molecule has 144 valence electrons. The van der Waals surface area contributed by atoms with Gasteiger partial charge in [0.15, 0.2) is 9.84 Å². The number of aryl methyl sites for hydroxylation is 1. The van der Waals surface area contributed by atoms with E-state index in [4.69, 9.17) is 9.84 Å². The molecule has 1 aromatic rings. The van der Waals surface area contributed by atoms with Gasteiger partial charge in [-0.25, -0.2) is 8.42 Å². The number of ether oxygens (including phenoxy) is 1. The summed E-state index contributed by atoms with van der Waals surface area (Å²) in [5.41, 5.74) is 2.28. The topological polar surface area (TPSA) is 87.2 Å². The first-order chi connectivity index (χ1) is 12.3. The Labute approximate surface area is 154 Å². The summed E-state index contributed by atoms with van der Waals surface area (Å²) in [5, 5.41) is 8.94. The molecule has 2 fully saturated rings. The van der Waals surface area contributed by atoms with Crippen molar-refractivity contribution in [3.63, 3.8) is 0 Å². The predicted molar refractivity (Wildman–Crippen MR) is 98.2 cm³/mol. The highest BCUT2D eigenvalue weighted by atomic mass is 32.2. The second-order valence-corrected chi connectivity index (χ2v) is 9.31. The monoisotopic (exact) mass is 382 g/mol. The van der Waals surface area contributed by atoms with Crippen LogP contribution in [0.25, 0.3) is 0 Å². The molecule has 2 heterocycles. The fraction of sp³-hybridized carbons (Fsp3) is 0.611. The third-order valence-electron chi connectivity index (χ3n) is 5.44. The van der Waals surface area contributed by atoms with E-state index >= 15 is 0 Å². The van der Waals surface area contributed by atoms with Crippen LogP contribution < -0.4 is 4.74 Å². The maximum atomic E-state index is 12.2. The molecule has 1 N–H and O–H groups in total. The van der Waals surface area contributed by atoms with E-state index in [1.807, 2.05) is 30.0 Å². The quantitative estimate of drug-likeness (QED) is 0.777. The van der Waals surface area contributed by atoms with Crippen molar-refractivity contribution in [3.8, 4) is 5.75 Å². The van der Waals surface area contributed by atoms with Gasteiger partial charge in [-0.1, -0.05) is 6.07 Å². The molecular formula is C18H26N2O5S. The van der Waals surface area contributed by atoms with E-state index in [1.165, 1.54) is 0 Å². The largest absolute Gasteiger partial charge is 0.497 e. The second kappa shape index (κ2) is 7.54. The molecule has 0 aromatic heterocycles. The van der Waals surface area contributed by atoms with Gasteiger partial charge in [0.1, 0.15) is 5.75 Å². The Balaban J connectivity index is 1.76. The smallest absolute Gasteiger partial charge is 0.304 e. The van der Waals surface area contributed by atoms with Crippen LogP contribution in [0, 0.1) is 6.92 Å². The van der Waals surface area contributed by atoms with Crippen molar-refractivity contribution in [2.45, 2.75) is 32.0 Å². The van der Waals surface area contributed by atoms with E-state index < -0.39 is 15.8 Å². The van der Waals surface area contributed by atoms with Crippen LogP contribution in [0.1, 0.15) is 17.5 Å². The molecule has 2 atom stereocenters. The molecule has 0 saturated carbocycles. The SMILES string of the molecule is COc1ccc(CN2CCN(CCC(=O)O)[C@@H]3CS(=O)(=O)C[C@@H]32)c(C)c1. The van der Waals surface area contributed by atoms with Crippen LogP contribution >= 0.6 is 0 Å². The maximum Gasteiger partial charge on any atom is 0.304 e. The van der Waals surface area contributed by atoms with Crippen molar-refractivity contribution in [2.24, 2.45) is 0 Å². The van der Waals surface area contributed by atoms with Gasteiger partial charge in [-0.3, -0.25) is 14.6 Å². The summed E-state index contributed by atoms with van der Waals surface area (Å²) in [7, 11) is -1.46. The molecule has 26 heavy (non-hydrogen) atoms. The lowest BCUT2D eigenvalue weighted by Crippen LogP contribution is -2.58. The van der Waals surface area contributed by atoms with Crippen molar-refractivity contribution >= 4 is 15.8 Å². The molecule has 2 aliphatic heterocycles. The second-order valence-electron chi connectivity index (χ2n) is 7.15. The Hall–Kier alpha value is -1.64. The Bertz CT molecular complexity index is 780. The Morgan fingerprint density at radius 2 is 1.88 bits per heavy atom. The zero-order valence-corrected chi connectivity index (χ0v) is 16.0. The summed E-state index contributed by atoms with van der Waals surface area (Å²) in [4.78, 5) is 15.2. The summed E-state index contributed by atoms with van der Waals surface area (Å²) in [6, 6.07) is 5.75. The van der Waals surface area contributed by atoms with Crippen molar-refractivity contribution < 1.29 is 23.1 Å². The number of benzene rings is 1. The number of carboxylic acids is 1. The van der Waals surface area contributed by atoms with E-state index in [-0.39, 0.29) is 30.0 Å². The molecule has 2 saturated heterocycles. The molecule has 0 amide bonds. The first-order valence-corrected chi connectivity index (χ1v) is 10.6. The molecule has 8 heteroatoms. The highest BCUT2D eigenvalue weighted by Crippen LogP contribution is 2.29. The number of nitrogens with zero attached hydrogens (tertiary/aromatic N) is 2. The first-order valence-electron chi connectivity index (χ1n) is 8.83. The van der Waals surface area contributed by atoms with Gasteiger partial charge in [-0.05, 0) is 30.2 Å². The average molecular weight is 382 g/mol. The van der Waals surface area contributed by atoms with Gasteiger partial charge in [0, 0.05) is 38.3 Å². The summed E-state index contributed by atoms with van der Waals surface area (Å²) in [6.45, 7) is 4.56. The van der Waals surface area contributed by atoms with E-state index in [2.05, 4.69) is 4.90 Å². The van der Waals surface area contributed by atoms with Crippen LogP contribution in [0.5, 0.6) is 5.75 Å². The zero-order valence-electron chi connectivity index (χ0n) is 15.2. The Morgan fingerprint density at radius 1 is 1.23 bits per heavy atom. The molecule has 7 nitrogen and oxygen atoms in total. The van der Waals surface area contributed by atoms with Crippen molar-refractivity contribution in [1.82, 2.24) is 9.80 Å². The van der Waals surface area contributed by atoms with Gasteiger partial charge < -0.3 is 9.84 Å². The normalized spacial score (nSPS) is 25.8. The lowest BCUT2D eigenvalue weighted by Gasteiger charge is -2.44. The standard InChI is InChI=1S/C18H26N2O5S/c1-13-9-15(25-2)4-3-14(13)10-20-8-7-19(6-5-18(21)22)16-11-26(23,24)12-17(16)20/h3-4,9,16-17H,5-8,10-12H2,1-2H3,(H,21,22)/t16-,17+/m1/s1. The first kappa shape index (κ1) is 19.1. The van der Waals surface area contributed by atoms with Gasteiger partial charge >= 0.3 is 5.97 Å². The fourth-order valence-corrected chi connectivity index (χ4v) is 6.04. The van der Waals surface area contributed by atoms with Crippen LogP contribution in [-0.2, 0) is 21.2 Å². The number of hydrogen-bond donors (Lipinski definition) is 1. The molecule has 1 aromatic carbocycles. The van der Waals surface area contributed by atoms with E-state index in [0.717, 1.165) is 23.4 Å². The third-order valence-corrected chi connectivity index (χ3v) is 7.14. The number of carbonyl (C=O) groups is 1. The number of sulfone groups is 1. The minimum absolute atomic E-state index is 0.0425. The highest BCUT2D eigenvalue weighted by Gasteiger charge is 2.46. The Kier molecular flexibility index (Phi) is 5.55. The molecule has 0 bridgehead atoms. The molecule has 0 spiro atoms. The number of piperazine rings is 1. The number of aliphatic carboxylic acids is 1. The zero-order chi connectivity index (χ0) is 18.9. The minimum Gasteiger partial charge on any atom is -0.497 e. The third kappa shape index (κ3) is 4.19. The van der Waals surface area contributed by atoms with Crippen molar-refractivity contribution in [1.29, 1.82) is 0 Å². The van der Waals surface area contributed by atoms with Gasteiger partial charge in [-0.15, -0.1) is 0 Å². The summed E-state index contributed by atoms with van der Waals surface area (Å²) < 4.78 is 29.7. The van der Waals surface area contributed by atoms with Crippen LogP contribution in [0.4, 0.5) is 0 Å². The minimum atomic E-state index is -3.10. The van der Waals surface area contributed by atoms with E-state index in [0.29, 0.717) is 19.6 Å². The van der Waals surface area contributed by atoms with Gasteiger partial charge in [0.25, 0.3) is 0 Å². The van der Waals surface area contributed by atoms with Gasteiger partial charge in [0.2, 0.25) is 0 Å². The summed E-state index contributed by atoms with van der Waals surface area (Å²) in [6.07, 6.45) is 0.0425. The summed E-state index contributed by atoms with van der Waals surface area (Å²) in [5.74, 6) is 0.232.